The van der Waals surface area contributed by atoms with E-state index in [0.29, 0.717) is 16.8 Å². The van der Waals surface area contributed by atoms with Crippen molar-refractivity contribution in [2.45, 2.75) is 13.0 Å². The van der Waals surface area contributed by atoms with E-state index in [1.54, 1.807) is 17.7 Å². The van der Waals surface area contributed by atoms with E-state index in [0.717, 1.165) is 16.3 Å². The van der Waals surface area contributed by atoms with Gasteiger partial charge < -0.3 is 0 Å². The fourth-order valence-corrected chi connectivity index (χ4v) is 3.42. The zero-order chi connectivity index (χ0) is 17.2. The first-order valence-electron chi connectivity index (χ1n) is 7.44. The Morgan fingerprint density at radius 2 is 1.88 bits per heavy atom. The van der Waals surface area contributed by atoms with E-state index in [2.05, 4.69) is 4.99 Å². The van der Waals surface area contributed by atoms with Gasteiger partial charge in [-0.25, -0.2) is 9.36 Å². The molecule has 0 N–H and O–H groups in total. The van der Waals surface area contributed by atoms with Gasteiger partial charge in [-0.05, 0) is 19.1 Å². The third kappa shape index (κ3) is 1.78. The summed E-state index contributed by atoms with van der Waals surface area (Å²) in [4.78, 5) is 31.8. The molecule has 7 nitrogen and oxygen atoms in total. The van der Waals surface area contributed by atoms with Gasteiger partial charge in [-0.15, -0.1) is 0 Å². The number of rotatable bonds is 1. The minimum atomic E-state index is -0.630. The predicted octanol–water partition coefficient (Wildman–Crippen LogP) is 1.84. The van der Waals surface area contributed by atoms with Crippen molar-refractivity contribution >= 4 is 35.3 Å². The van der Waals surface area contributed by atoms with Crippen LogP contribution in [0.4, 0.5) is 10.7 Å². The van der Waals surface area contributed by atoms with Crippen LogP contribution in [0.25, 0.3) is 5.69 Å². The number of aryl methyl sites for hydroxylation is 1. The van der Waals surface area contributed by atoms with E-state index in [-0.39, 0.29) is 11.9 Å². The zero-order valence-corrected chi connectivity index (χ0v) is 14.2. The highest BCUT2D eigenvalue weighted by atomic mass is 35.5. The largest absolute Gasteiger partial charge is 0.407 e. The molecular weight excluding hydrogens is 330 g/mol. The molecule has 122 valence electrons. The highest BCUT2D eigenvalue weighted by Crippen LogP contribution is 2.32. The number of hydrogen-bond donors (Lipinski definition) is 0. The topological polar surface area (TPSA) is 61.8 Å². The number of amidine groups is 1. The van der Waals surface area contributed by atoms with Crippen LogP contribution in [0, 0.1) is 6.92 Å². The Hall–Kier alpha value is -2.67. The number of likely N-dealkylation sites (N-methyl/N-ethyl adjacent to an activating group) is 2. The predicted molar refractivity (Wildman–Crippen MR) is 87.8 cm³/mol. The van der Waals surface area contributed by atoms with Gasteiger partial charge in [-0.3, -0.25) is 14.6 Å². The van der Waals surface area contributed by atoms with Crippen LogP contribution < -0.4 is 4.57 Å². The Bertz CT molecular complexity index is 933. The molecule has 1 aromatic carbocycles. The molecule has 1 unspecified atom stereocenters. The molecule has 1 fully saturated rings. The number of hydrogen-bond acceptors (Lipinski definition) is 3. The van der Waals surface area contributed by atoms with Crippen molar-refractivity contribution in [3.8, 4) is 5.69 Å². The lowest BCUT2D eigenvalue weighted by atomic mass is 10.2. The summed E-state index contributed by atoms with van der Waals surface area (Å²) in [6.07, 6.45) is 1.86. The SMILES string of the molecule is Cc1c[n+]2c(n1-c1ccccc1Cl)N=C1C2C(=O)N(C)C(=O)N1C. The van der Waals surface area contributed by atoms with Gasteiger partial charge in [0.25, 0.3) is 5.91 Å². The lowest BCUT2D eigenvalue weighted by Gasteiger charge is -2.30. The van der Waals surface area contributed by atoms with Gasteiger partial charge >= 0.3 is 12.0 Å². The van der Waals surface area contributed by atoms with Gasteiger partial charge in [0.05, 0.1) is 5.02 Å². The Labute approximate surface area is 143 Å². The number of amides is 3. The van der Waals surface area contributed by atoms with E-state index >= 15 is 0 Å². The van der Waals surface area contributed by atoms with E-state index in [4.69, 9.17) is 11.6 Å². The monoisotopic (exact) mass is 344 g/mol. The molecule has 1 atom stereocenters. The molecule has 2 aliphatic rings. The van der Waals surface area contributed by atoms with Gasteiger partial charge in [0, 0.05) is 14.1 Å². The van der Waals surface area contributed by atoms with Gasteiger partial charge in [0.1, 0.15) is 17.6 Å². The number of carbonyl (C=O) groups is 2. The molecule has 0 saturated carbocycles. The van der Waals surface area contributed by atoms with Crippen molar-refractivity contribution in [3.63, 3.8) is 0 Å². The van der Waals surface area contributed by atoms with Gasteiger partial charge in [-0.2, -0.15) is 4.57 Å². The molecule has 0 bridgehead atoms. The lowest BCUT2D eigenvalue weighted by molar-refractivity contribution is -0.676. The van der Waals surface area contributed by atoms with E-state index in [9.17, 15) is 9.59 Å². The molecule has 2 aliphatic heterocycles. The number of halogens is 1. The summed E-state index contributed by atoms with van der Waals surface area (Å²) in [6, 6.07) is 6.42. The van der Waals surface area contributed by atoms with Crippen LogP contribution >= 0.6 is 11.6 Å². The second-order valence-electron chi connectivity index (χ2n) is 5.88. The Morgan fingerprint density at radius 1 is 1.17 bits per heavy atom. The number of carbonyl (C=O) groups excluding carboxylic acids is 2. The summed E-state index contributed by atoms with van der Waals surface area (Å²) < 4.78 is 3.68. The average molecular weight is 345 g/mol. The second-order valence-corrected chi connectivity index (χ2v) is 6.28. The molecule has 4 rings (SSSR count). The Balaban J connectivity index is 1.95. The van der Waals surface area contributed by atoms with Crippen LogP contribution in [0.1, 0.15) is 11.7 Å². The molecule has 3 heterocycles. The molecule has 8 heteroatoms. The number of imidazole rings is 1. The molecule has 0 aliphatic carbocycles. The number of fused-ring (bicyclic) bond motifs is 3. The molecule has 24 heavy (non-hydrogen) atoms. The van der Waals surface area contributed by atoms with Crippen LogP contribution in [-0.4, -0.2) is 46.2 Å². The van der Waals surface area contributed by atoms with Crippen molar-refractivity contribution in [2.75, 3.05) is 14.1 Å². The minimum absolute atomic E-state index is 0.295. The summed E-state index contributed by atoms with van der Waals surface area (Å²) in [6.45, 7) is 1.93. The molecular formula is C16H15ClN5O2+. The van der Waals surface area contributed by atoms with Gasteiger partial charge in [-0.1, -0.05) is 28.7 Å². The molecule has 0 spiro atoms. The number of aliphatic imine (C=N–C) groups is 1. The van der Waals surface area contributed by atoms with Crippen LogP contribution in [0.2, 0.25) is 5.02 Å². The molecule has 1 saturated heterocycles. The number of nitrogens with zero attached hydrogens (tertiary/aromatic N) is 5. The van der Waals surface area contributed by atoms with E-state index < -0.39 is 6.04 Å². The number of aromatic nitrogens is 2. The van der Waals surface area contributed by atoms with Crippen molar-refractivity contribution in [3.05, 3.63) is 41.2 Å². The normalized spacial score (nSPS) is 19.5. The van der Waals surface area contributed by atoms with Crippen LogP contribution in [0.5, 0.6) is 0 Å². The van der Waals surface area contributed by atoms with E-state index in [1.807, 2.05) is 35.9 Å². The quantitative estimate of drug-likeness (QED) is 0.741. The maximum atomic E-state index is 12.6. The smallest absolute Gasteiger partial charge is 0.270 e. The Morgan fingerprint density at radius 3 is 2.58 bits per heavy atom. The number of para-hydroxylation sites is 1. The summed E-state index contributed by atoms with van der Waals surface area (Å²) in [7, 11) is 3.10. The third-order valence-electron chi connectivity index (χ3n) is 4.42. The number of urea groups is 1. The molecule has 0 radical (unpaired) electrons. The summed E-state index contributed by atoms with van der Waals surface area (Å²) in [5.41, 5.74) is 1.68. The number of imide groups is 1. The highest BCUT2D eigenvalue weighted by molar-refractivity contribution is 6.32. The molecule has 1 aromatic heterocycles. The standard InChI is InChI=1S/C16H15ClN5O2/c1-9-8-21-12-13(19(2)16(24)20(3)14(12)23)18-15(21)22(9)11-7-5-4-6-10(11)17/h4-8,12H,1-3H3/q+1. The third-order valence-corrected chi connectivity index (χ3v) is 4.74. The Kier molecular flexibility index (Phi) is 3.05. The zero-order valence-electron chi connectivity index (χ0n) is 13.4. The van der Waals surface area contributed by atoms with Crippen molar-refractivity contribution in [1.29, 1.82) is 0 Å². The average Bonchev–Trinajstić information content (AvgIpc) is 3.06. The minimum Gasteiger partial charge on any atom is -0.270 e. The van der Waals surface area contributed by atoms with Crippen LogP contribution in [0.15, 0.2) is 35.5 Å². The van der Waals surface area contributed by atoms with Crippen molar-refractivity contribution in [1.82, 2.24) is 14.4 Å². The number of benzene rings is 1. The van der Waals surface area contributed by atoms with Gasteiger partial charge in [0.2, 0.25) is 11.9 Å². The van der Waals surface area contributed by atoms with E-state index in [1.165, 1.54) is 11.9 Å². The van der Waals surface area contributed by atoms with Crippen molar-refractivity contribution in [2.24, 2.45) is 4.99 Å². The van der Waals surface area contributed by atoms with Crippen LogP contribution in [0.3, 0.4) is 0 Å². The maximum absolute atomic E-state index is 12.6. The summed E-state index contributed by atoms with van der Waals surface area (Å²) in [5.74, 6) is 0.708. The summed E-state index contributed by atoms with van der Waals surface area (Å²) >= 11 is 6.33. The molecule has 3 amide bonds. The lowest BCUT2D eigenvalue weighted by Crippen LogP contribution is -2.61. The highest BCUT2D eigenvalue weighted by Gasteiger charge is 2.52. The molecule has 2 aromatic rings. The second kappa shape index (κ2) is 4.91. The van der Waals surface area contributed by atoms with Crippen LogP contribution in [-0.2, 0) is 4.79 Å². The first kappa shape index (κ1) is 14.9. The maximum Gasteiger partial charge on any atom is 0.407 e. The summed E-state index contributed by atoms with van der Waals surface area (Å²) in [5, 5.41) is 0.586. The fraction of sp³-hybridized carbons (Fsp3) is 0.250. The fourth-order valence-electron chi connectivity index (χ4n) is 3.20. The van der Waals surface area contributed by atoms with Gasteiger partial charge in [0.15, 0.2) is 0 Å². The first-order valence-corrected chi connectivity index (χ1v) is 7.82. The first-order chi connectivity index (χ1) is 11.4. The van der Waals surface area contributed by atoms with Crippen molar-refractivity contribution < 1.29 is 14.2 Å².